The van der Waals surface area contributed by atoms with Crippen molar-refractivity contribution in [2.45, 2.75) is 32.5 Å². The maximum Gasteiger partial charge on any atom is 0.145 e. The van der Waals surface area contributed by atoms with E-state index >= 15 is 0 Å². The van der Waals surface area contributed by atoms with E-state index in [1.54, 1.807) is 12.1 Å². The van der Waals surface area contributed by atoms with Crippen LogP contribution in [0.15, 0.2) is 48.5 Å². The Labute approximate surface area is 143 Å². The highest BCUT2D eigenvalue weighted by Gasteiger charge is 2.10. The van der Waals surface area contributed by atoms with Crippen molar-refractivity contribution in [1.82, 2.24) is 0 Å². The van der Waals surface area contributed by atoms with Gasteiger partial charge in [0.15, 0.2) is 0 Å². The average molecular weight is 325 g/mol. The molecule has 0 saturated carbocycles. The second kappa shape index (κ2) is 9.07. The van der Waals surface area contributed by atoms with Crippen molar-refractivity contribution in [3.63, 3.8) is 0 Å². The van der Waals surface area contributed by atoms with E-state index < -0.39 is 6.10 Å². The van der Waals surface area contributed by atoms with Crippen molar-refractivity contribution >= 4 is 0 Å². The van der Waals surface area contributed by atoms with Crippen molar-refractivity contribution in [3.05, 3.63) is 65.2 Å². The minimum absolute atomic E-state index is 0.112. The van der Waals surface area contributed by atoms with Gasteiger partial charge < -0.3 is 14.6 Å². The van der Waals surface area contributed by atoms with Crippen molar-refractivity contribution in [3.8, 4) is 11.8 Å². The Morgan fingerprint density at radius 1 is 1.04 bits per heavy atom. The molecule has 0 radical (unpaired) electrons. The van der Waals surface area contributed by atoms with E-state index in [4.69, 9.17) is 14.7 Å². The second-order valence-corrected chi connectivity index (χ2v) is 5.97. The normalized spacial score (nSPS) is 12.0. The molecule has 2 aromatic rings. The summed E-state index contributed by atoms with van der Waals surface area (Å²) >= 11 is 0. The summed E-state index contributed by atoms with van der Waals surface area (Å²) in [5.41, 5.74) is 2.85. The summed E-state index contributed by atoms with van der Waals surface area (Å²) in [4.78, 5) is 0. The summed E-state index contributed by atoms with van der Waals surface area (Å²) in [6.07, 6.45) is -0.409. The summed E-state index contributed by atoms with van der Waals surface area (Å²) in [6, 6.07) is 17.2. The summed E-state index contributed by atoms with van der Waals surface area (Å²) < 4.78 is 11.4. The predicted molar refractivity (Wildman–Crippen MR) is 92.8 cm³/mol. The molecule has 0 amide bonds. The zero-order valence-corrected chi connectivity index (χ0v) is 14.1. The largest absolute Gasteiger partial charge is 0.486 e. The zero-order valence-electron chi connectivity index (χ0n) is 14.1. The Balaban J connectivity index is 1.82. The van der Waals surface area contributed by atoms with E-state index in [2.05, 4.69) is 19.9 Å². The fourth-order valence-corrected chi connectivity index (χ4v) is 2.23. The number of rotatable bonds is 8. The van der Waals surface area contributed by atoms with Gasteiger partial charge in [0, 0.05) is 0 Å². The first-order valence-corrected chi connectivity index (χ1v) is 8.06. The fourth-order valence-electron chi connectivity index (χ4n) is 2.23. The first kappa shape index (κ1) is 18.0. The van der Waals surface area contributed by atoms with Crippen LogP contribution in [0.1, 0.15) is 36.5 Å². The van der Waals surface area contributed by atoms with Gasteiger partial charge in [0.2, 0.25) is 0 Å². The minimum atomic E-state index is -0.409. The lowest BCUT2D eigenvalue weighted by Crippen LogP contribution is -2.27. The first-order valence-electron chi connectivity index (χ1n) is 8.06. The number of benzene rings is 2. The summed E-state index contributed by atoms with van der Waals surface area (Å²) in [5.74, 6) is 1.20. The van der Waals surface area contributed by atoms with Gasteiger partial charge in [-0.05, 0) is 41.3 Å². The Hall–Kier alpha value is -2.35. The summed E-state index contributed by atoms with van der Waals surface area (Å²) in [6.45, 7) is 4.88. The Kier molecular flexibility index (Phi) is 6.80. The highest BCUT2D eigenvalue weighted by molar-refractivity contribution is 5.31. The van der Waals surface area contributed by atoms with Gasteiger partial charge in [0.05, 0.1) is 31.5 Å². The lowest BCUT2D eigenvalue weighted by molar-refractivity contribution is 0.0133. The Bertz CT molecular complexity index is 657. The molecule has 4 heteroatoms. The Morgan fingerprint density at radius 3 is 2.25 bits per heavy atom. The average Bonchev–Trinajstić information content (AvgIpc) is 2.61. The molecule has 0 fully saturated rings. The van der Waals surface area contributed by atoms with E-state index in [1.807, 2.05) is 36.4 Å². The smallest absolute Gasteiger partial charge is 0.145 e. The molecule has 126 valence electrons. The standard InChI is InChI=1S/C20H23NO3/c1-15(2)18-7-9-19(10-8-18)24-20(12-22)14-23-13-17-5-3-16(11-21)4-6-17/h3-10,15,20,22H,12-14H2,1-2H3. The number of nitriles is 1. The van der Waals surface area contributed by atoms with Gasteiger partial charge in [0.25, 0.3) is 0 Å². The molecule has 1 unspecified atom stereocenters. The SMILES string of the molecule is CC(C)c1ccc(OC(CO)COCc2ccc(C#N)cc2)cc1. The van der Waals surface area contributed by atoms with Crippen LogP contribution < -0.4 is 4.74 Å². The molecule has 0 aliphatic heterocycles. The van der Waals surface area contributed by atoms with Crippen LogP contribution in [0.4, 0.5) is 0 Å². The van der Waals surface area contributed by atoms with Crippen molar-refractivity contribution < 1.29 is 14.6 Å². The number of aliphatic hydroxyl groups is 1. The topological polar surface area (TPSA) is 62.5 Å². The lowest BCUT2D eigenvalue weighted by Gasteiger charge is -2.17. The molecule has 1 atom stereocenters. The summed E-state index contributed by atoms with van der Waals surface area (Å²) in [5, 5.41) is 18.2. The van der Waals surface area contributed by atoms with Gasteiger partial charge in [-0.1, -0.05) is 38.1 Å². The van der Waals surface area contributed by atoms with Crippen LogP contribution in [-0.4, -0.2) is 24.4 Å². The molecular weight excluding hydrogens is 302 g/mol. The number of hydrogen-bond acceptors (Lipinski definition) is 4. The van der Waals surface area contributed by atoms with Crippen molar-refractivity contribution in [1.29, 1.82) is 5.26 Å². The number of aliphatic hydroxyl groups excluding tert-OH is 1. The van der Waals surface area contributed by atoms with Crippen molar-refractivity contribution in [2.24, 2.45) is 0 Å². The van der Waals surface area contributed by atoms with Gasteiger partial charge in [-0.2, -0.15) is 5.26 Å². The van der Waals surface area contributed by atoms with E-state index in [-0.39, 0.29) is 6.61 Å². The molecule has 2 rings (SSSR count). The van der Waals surface area contributed by atoms with E-state index in [0.717, 1.165) is 11.3 Å². The monoisotopic (exact) mass is 325 g/mol. The maximum atomic E-state index is 9.45. The highest BCUT2D eigenvalue weighted by Crippen LogP contribution is 2.19. The Morgan fingerprint density at radius 2 is 1.71 bits per heavy atom. The van der Waals surface area contributed by atoms with Crippen LogP contribution in [0.2, 0.25) is 0 Å². The third-order valence-corrected chi connectivity index (χ3v) is 3.71. The van der Waals surface area contributed by atoms with Crippen LogP contribution in [0.5, 0.6) is 5.75 Å². The third-order valence-electron chi connectivity index (χ3n) is 3.71. The molecule has 0 aliphatic rings. The third kappa shape index (κ3) is 5.38. The van der Waals surface area contributed by atoms with Crippen LogP contribution >= 0.6 is 0 Å². The van der Waals surface area contributed by atoms with E-state index in [0.29, 0.717) is 24.7 Å². The van der Waals surface area contributed by atoms with E-state index in [1.165, 1.54) is 5.56 Å². The molecular formula is C20H23NO3. The van der Waals surface area contributed by atoms with Gasteiger partial charge in [0.1, 0.15) is 11.9 Å². The quantitative estimate of drug-likeness (QED) is 0.805. The molecule has 2 aromatic carbocycles. The lowest BCUT2D eigenvalue weighted by atomic mass is 10.0. The molecule has 0 spiro atoms. The number of nitrogens with zero attached hydrogens (tertiary/aromatic N) is 1. The fraction of sp³-hybridized carbons (Fsp3) is 0.350. The molecule has 0 aliphatic carbocycles. The number of hydrogen-bond donors (Lipinski definition) is 1. The molecule has 0 aromatic heterocycles. The van der Waals surface area contributed by atoms with Crippen LogP contribution in [0, 0.1) is 11.3 Å². The first-order chi connectivity index (χ1) is 11.6. The van der Waals surface area contributed by atoms with Gasteiger partial charge in [-0.3, -0.25) is 0 Å². The van der Waals surface area contributed by atoms with Crippen LogP contribution in [0.3, 0.4) is 0 Å². The van der Waals surface area contributed by atoms with Gasteiger partial charge >= 0.3 is 0 Å². The van der Waals surface area contributed by atoms with Gasteiger partial charge in [-0.15, -0.1) is 0 Å². The maximum absolute atomic E-state index is 9.45. The minimum Gasteiger partial charge on any atom is -0.486 e. The molecule has 4 nitrogen and oxygen atoms in total. The molecule has 0 bridgehead atoms. The predicted octanol–water partition coefficient (Wildman–Crippen LogP) is 3.64. The highest BCUT2D eigenvalue weighted by atomic mass is 16.5. The second-order valence-electron chi connectivity index (χ2n) is 5.97. The molecule has 0 heterocycles. The zero-order chi connectivity index (χ0) is 17.4. The van der Waals surface area contributed by atoms with Crippen molar-refractivity contribution in [2.75, 3.05) is 13.2 Å². The van der Waals surface area contributed by atoms with Gasteiger partial charge in [-0.25, -0.2) is 0 Å². The van der Waals surface area contributed by atoms with Crippen LogP contribution in [-0.2, 0) is 11.3 Å². The molecule has 0 saturated heterocycles. The molecule has 1 N–H and O–H groups in total. The van der Waals surface area contributed by atoms with Crippen LogP contribution in [0.25, 0.3) is 0 Å². The van der Waals surface area contributed by atoms with E-state index in [9.17, 15) is 5.11 Å². The number of ether oxygens (including phenoxy) is 2. The molecule has 24 heavy (non-hydrogen) atoms. The summed E-state index contributed by atoms with van der Waals surface area (Å²) in [7, 11) is 0.